The maximum Gasteiger partial charge on any atom is 0.324 e. The second-order valence-electron chi connectivity index (χ2n) is 8.62. The number of nitrogens with zero attached hydrogens (tertiary/aromatic N) is 1. The highest BCUT2D eigenvalue weighted by atomic mass is 35.5. The van der Waals surface area contributed by atoms with Gasteiger partial charge in [0.15, 0.2) is 0 Å². The Morgan fingerprint density at radius 3 is 2.50 bits per heavy atom. The summed E-state index contributed by atoms with van der Waals surface area (Å²) in [6, 6.07) is 2.05. The van der Waals surface area contributed by atoms with Crippen LogP contribution >= 0.6 is 22.9 Å². The second kappa shape index (κ2) is 7.82. The lowest BCUT2D eigenvalue weighted by molar-refractivity contribution is -0.154. The van der Waals surface area contributed by atoms with Gasteiger partial charge >= 0.3 is 12.0 Å². The molecule has 4 atom stereocenters. The number of primary amides is 1. The maximum atomic E-state index is 13.4. The molecule has 30 heavy (non-hydrogen) atoms. The van der Waals surface area contributed by atoms with Crippen LogP contribution in [0.5, 0.6) is 0 Å². The molecule has 0 bridgehead atoms. The summed E-state index contributed by atoms with van der Waals surface area (Å²) in [7, 11) is 0. The van der Waals surface area contributed by atoms with Gasteiger partial charge < -0.3 is 16.2 Å². The van der Waals surface area contributed by atoms with Gasteiger partial charge in [-0.3, -0.25) is 24.6 Å². The van der Waals surface area contributed by atoms with Gasteiger partial charge in [0.2, 0.25) is 11.8 Å². The van der Waals surface area contributed by atoms with Gasteiger partial charge in [0.25, 0.3) is 0 Å². The van der Waals surface area contributed by atoms with Gasteiger partial charge in [-0.1, -0.05) is 11.6 Å². The highest BCUT2D eigenvalue weighted by molar-refractivity contribution is 7.16. The number of aliphatic carboxylic acids is 1. The Balaban J connectivity index is 2.04. The quantitative estimate of drug-likeness (QED) is 0.379. The summed E-state index contributed by atoms with van der Waals surface area (Å²) in [4.78, 5) is 52.0. The number of carboxylic acid groups (broad SMARTS) is 1. The standard InChI is InChI=1S/C19H25ClN4O5S/c1-18(2,3)24-14(25)11-12(15(24)26)19(16(27)28,7-4-8-22-17(21)29)23-13(11)9-5-6-10(20)30-9/h5-6,11-13,23H,4,7-8H2,1-3H3,(H,27,28)(H3,21,22,29). The minimum atomic E-state index is -1.65. The Morgan fingerprint density at radius 1 is 1.33 bits per heavy atom. The summed E-state index contributed by atoms with van der Waals surface area (Å²) in [6.45, 7) is 5.39. The molecule has 5 N–H and O–H groups in total. The Bertz CT molecular complexity index is 898. The van der Waals surface area contributed by atoms with E-state index in [1.165, 1.54) is 16.2 Å². The summed E-state index contributed by atoms with van der Waals surface area (Å²) in [5, 5.41) is 15.7. The molecule has 4 amide bonds. The smallest absolute Gasteiger partial charge is 0.324 e. The Hall–Kier alpha value is -2.17. The number of amides is 4. The minimum Gasteiger partial charge on any atom is -0.480 e. The number of carboxylic acids is 1. The Labute approximate surface area is 182 Å². The Morgan fingerprint density at radius 2 is 2.00 bits per heavy atom. The van der Waals surface area contributed by atoms with Crippen LogP contribution in [0.1, 0.15) is 44.5 Å². The lowest BCUT2D eigenvalue weighted by atomic mass is 9.77. The molecule has 2 fully saturated rings. The van der Waals surface area contributed by atoms with Crippen LogP contribution in [0.25, 0.3) is 0 Å². The largest absolute Gasteiger partial charge is 0.480 e. The third-order valence-corrected chi connectivity index (χ3v) is 6.97. The van der Waals surface area contributed by atoms with Crippen molar-refractivity contribution in [1.29, 1.82) is 0 Å². The normalized spacial score (nSPS) is 28.7. The first kappa shape index (κ1) is 22.5. The molecule has 0 aromatic carbocycles. The van der Waals surface area contributed by atoms with E-state index >= 15 is 0 Å². The van der Waals surface area contributed by atoms with Gasteiger partial charge in [-0.25, -0.2) is 4.79 Å². The third kappa shape index (κ3) is 3.67. The molecule has 2 aliphatic rings. The van der Waals surface area contributed by atoms with Gasteiger partial charge in [-0.15, -0.1) is 11.3 Å². The molecule has 1 aromatic rings. The fraction of sp³-hybridized carbons (Fsp3) is 0.579. The number of thiophene rings is 1. The van der Waals surface area contributed by atoms with Crippen LogP contribution in [0.4, 0.5) is 4.79 Å². The SMILES string of the molecule is CC(C)(C)N1C(=O)C2C(c3ccc(Cl)s3)NC(CCCNC(N)=O)(C(=O)O)C2C1=O. The molecule has 0 aliphatic carbocycles. The number of carbonyl (C=O) groups is 4. The molecule has 1 aromatic heterocycles. The average molecular weight is 457 g/mol. The molecule has 3 heterocycles. The zero-order chi connectivity index (χ0) is 22.4. The van der Waals surface area contributed by atoms with Crippen LogP contribution < -0.4 is 16.4 Å². The topological polar surface area (TPSA) is 142 Å². The molecule has 2 saturated heterocycles. The van der Waals surface area contributed by atoms with Crippen molar-refractivity contribution < 1.29 is 24.3 Å². The number of hydrogen-bond acceptors (Lipinski definition) is 6. The van der Waals surface area contributed by atoms with Crippen LogP contribution in [0.15, 0.2) is 12.1 Å². The molecule has 3 rings (SSSR count). The van der Waals surface area contributed by atoms with Crippen LogP contribution in [0.2, 0.25) is 4.34 Å². The van der Waals surface area contributed by atoms with Crippen LogP contribution in [0, 0.1) is 11.8 Å². The highest BCUT2D eigenvalue weighted by Crippen LogP contribution is 2.52. The number of hydrogen-bond donors (Lipinski definition) is 4. The predicted molar refractivity (Wildman–Crippen MR) is 111 cm³/mol. The van der Waals surface area contributed by atoms with Gasteiger partial charge in [-0.2, -0.15) is 0 Å². The molecule has 2 aliphatic heterocycles. The number of carbonyl (C=O) groups excluding carboxylic acids is 3. The number of imide groups is 1. The first-order chi connectivity index (χ1) is 13.9. The van der Waals surface area contributed by atoms with E-state index in [9.17, 15) is 24.3 Å². The van der Waals surface area contributed by atoms with Crippen LogP contribution in [0.3, 0.4) is 0 Å². The number of urea groups is 1. The van der Waals surface area contributed by atoms with Crippen molar-refractivity contribution in [3.8, 4) is 0 Å². The zero-order valence-corrected chi connectivity index (χ0v) is 18.5. The van der Waals surface area contributed by atoms with E-state index < -0.39 is 52.8 Å². The van der Waals surface area contributed by atoms with Gasteiger partial charge in [0, 0.05) is 17.0 Å². The van der Waals surface area contributed by atoms with Crippen molar-refractivity contribution in [3.63, 3.8) is 0 Å². The number of rotatable bonds is 6. The average Bonchev–Trinajstić information content (AvgIpc) is 3.26. The van der Waals surface area contributed by atoms with Crippen molar-refractivity contribution in [2.45, 2.75) is 50.7 Å². The first-order valence-corrected chi connectivity index (χ1v) is 10.8. The van der Waals surface area contributed by atoms with E-state index in [0.29, 0.717) is 9.21 Å². The fourth-order valence-electron chi connectivity index (χ4n) is 4.52. The molecule has 11 heteroatoms. The van der Waals surface area contributed by atoms with E-state index in [-0.39, 0.29) is 19.4 Å². The van der Waals surface area contributed by atoms with E-state index in [0.717, 1.165) is 0 Å². The second-order valence-corrected chi connectivity index (χ2v) is 10.4. The summed E-state index contributed by atoms with van der Waals surface area (Å²) in [5.41, 5.74) is 2.63. The number of likely N-dealkylation sites (tertiary alicyclic amines) is 1. The predicted octanol–water partition coefficient (Wildman–Crippen LogP) is 1.72. The lowest BCUT2D eigenvalue weighted by Crippen LogP contribution is -2.57. The van der Waals surface area contributed by atoms with Gasteiger partial charge in [0.05, 0.1) is 22.2 Å². The summed E-state index contributed by atoms with van der Waals surface area (Å²) < 4.78 is 0.506. The van der Waals surface area contributed by atoms with Crippen molar-refractivity contribution in [2.75, 3.05) is 6.54 Å². The van der Waals surface area contributed by atoms with Crippen molar-refractivity contribution >= 4 is 46.8 Å². The number of halogens is 1. The maximum absolute atomic E-state index is 13.4. The number of nitrogens with one attached hydrogen (secondary N) is 2. The van der Waals surface area contributed by atoms with Crippen molar-refractivity contribution in [2.24, 2.45) is 17.6 Å². The lowest BCUT2D eigenvalue weighted by Gasteiger charge is -2.35. The number of fused-ring (bicyclic) bond motifs is 1. The zero-order valence-electron chi connectivity index (χ0n) is 16.9. The first-order valence-electron chi connectivity index (χ1n) is 9.57. The van der Waals surface area contributed by atoms with Crippen LogP contribution in [-0.4, -0.2) is 51.4 Å². The molecule has 9 nitrogen and oxygen atoms in total. The molecule has 0 saturated carbocycles. The van der Waals surface area contributed by atoms with Gasteiger partial charge in [-0.05, 0) is 45.7 Å². The highest BCUT2D eigenvalue weighted by Gasteiger charge is 2.69. The van der Waals surface area contributed by atoms with E-state index in [2.05, 4.69) is 10.6 Å². The van der Waals surface area contributed by atoms with E-state index in [4.69, 9.17) is 17.3 Å². The minimum absolute atomic E-state index is 0.0381. The summed E-state index contributed by atoms with van der Waals surface area (Å²) >= 11 is 7.32. The molecular weight excluding hydrogens is 432 g/mol. The van der Waals surface area contributed by atoms with E-state index in [1.807, 2.05) is 0 Å². The number of nitrogens with two attached hydrogens (primary N) is 1. The van der Waals surface area contributed by atoms with Gasteiger partial charge in [0.1, 0.15) is 5.54 Å². The summed E-state index contributed by atoms with van der Waals surface area (Å²) in [6.07, 6.45) is 0.302. The Kier molecular flexibility index (Phi) is 5.87. The molecule has 164 valence electrons. The fourth-order valence-corrected chi connectivity index (χ4v) is 5.68. The molecule has 4 unspecified atom stereocenters. The molecule has 0 radical (unpaired) electrons. The van der Waals surface area contributed by atoms with E-state index in [1.54, 1.807) is 32.9 Å². The monoisotopic (exact) mass is 456 g/mol. The summed E-state index contributed by atoms with van der Waals surface area (Å²) in [5.74, 6) is -4.02. The molecular formula is C19H25ClN4O5S. The van der Waals surface area contributed by atoms with Crippen molar-refractivity contribution in [3.05, 3.63) is 21.3 Å². The third-order valence-electron chi connectivity index (χ3n) is 5.65. The van der Waals surface area contributed by atoms with Crippen molar-refractivity contribution in [1.82, 2.24) is 15.5 Å². The molecule has 0 spiro atoms. The van der Waals surface area contributed by atoms with Crippen LogP contribution in [-0.2, 0) is 14.4 Å².